The molecule has 1 saturated heterocycles. The van der Waals surface area contributed by atoms with Crippen molar-refractivity contribution in [1.82, 2.24) is 4.90 Å². The Labute approximate surface area is 155 Å². The molecule has 1 unspecified atom stereocenters. The second kappa shape index (κ2) is 7.78. The summed E-state index contributed by atoms with van der Waals surface area (Å²) < 4.78 is 29.0. The van der Waals surface area contributed by atoms with Gasteiger partial charge in [-0.05, 0) is 43.4 Å². The summed E-state index contributed by atoms with van der Waals surface area (Å²) in [6, 6.07) is 12.4. The number of anilines is 1. The topological polar surface area (TPSA) is 69.6 Å². The Balaban J connectivity index is 1.98. The van der Waals surface area contributed by atoms with Crippen molar-refractivity contribution < 1.29 is 13.5 Å². The SMILES string of the molecule is CCc1cccc(C)c1NS(=O)(=O)c1ccccc1C(O)N1CCCC1. The van der Waals surface area contributed by atoms with E-state index in [4.69, 9.17) is 0 Å². The molecule has 26 heavy (non-hydrogen) atoms. The lowest BCUT2D eigenvalue weighted by molar-refractivity contribution is 0.0168. The van der Waals surface area contributed by atoms with Gasteiger partial charge in [0.15, 0.2) is 0 Å². The van der Waals surface area contributed by atoms with Gasteiger partial charge in [0.05, 0.1) is 10.6 Å². The van der Waals surface area contributed by atoms with Gasteiger partial charge in [-0.25, -0.2) is 8.42 Å². The summed E-state index contributed by atoms with van der Waals surface area (Å²) in [6.45, 7) is 5.45. The number of hydrogen-bond acceptors (Lipinski definition) is 4. The predicted molar refractivity (Wildman–Crippen MR) is 104 cm³/mol. The Morgan fingerprint density at radius 2 is 1.81 bits per heavy atom. The Morgan fingerprint density at radius 1 is 1.12 bits per heavy atom. The largest absolute Gasteiger partial charge is 0.374 e. The van der Waals surface area contributed by atoms with Crippen molar-refractivity contribution >= 4 is 15.7 Å². The number of benzene rings is 2. The minimum atomic E-state index is -3.81. The monoisotopic (exact) mass is 374 g/mol. The zero-order valence-corrected chi connectivity index (χ0v) is 16.1. The summed E-state index contributed by atoms with van der Waals surface area (Å²) in [5, 5.41) is 10.7. The number of nitrogens with one attached hydrogen (secondary N) is 1. The standard InChI is InChI=1S/C20H26N2O3S/c1-3-16-10-8-9-15(2)19(16)21-26(24,25)18-12-5-4-11-17(18)20(23)22-13-6-7-14-22/h4-5,8-12,20-21,23H,3,6-7,13-14H2,1-2H3. The summed E-state index contributed by atoms with van der Waals surface area (Å²) in [4.78, 5) is 2.05. The molecule has 1 aliphatic rings. The first kappa shape index (κ1) is 18.9. The maximum Gasteiger partial charge on any atom is 0.262 e. The molecule has 1 fully saturated rings. The molecule has 0 saturated carbocycles. The molecule has 1 aliphatic heterocycles. The van der Waals surface area contributed by atoms with Gasteiger partial charge in [0.2, 0.25) is 0 Å². The Hall–Kier alpha value is -1.89. The Morgan fingerprint density at radius 3 is 2.50 bits per heavy atom. The third kappa shape index (κ3) is 3.77. The van der Waals surface area contributed by atoms with Crippen LogP contribution in [0.2, 0.25) is 0 Å². The summed E-state index contributed by atoms with van der Waals surface area (Å²) in [7, 11) is -3.81. The van der Waals surface area contributed by atoms with Gasteiger partial charge in [0, 0.05) is 18.7 Å². The second-order valence-electron chi connectivity index (χ2n) is 6.72. The first-order valence-corrected chi connectivity index (χ1v) is 10.5. The fraction of sp³-hybridized carbons (Fsp3) is 0.400. The highest BCUT2D eigenvalue weighted by molar-refractivity contribution is 7.92. The lowest BCUT2D eigenvalue weighted by Gasteiger charge is -2.25. The van der Waals surface area contributed by atoms with Crippen molar-refractivity contribution in [2.75, 3.05) is 17.8 Å². The molecule has 0 radical (unpaired) electrons. The molecule has 140 valence electrons. The number of likely N-dealkylation sites (tertiary alicyclic amines) is 1. The lowest BCUT2D eigenvalue weighted by Crippen LogP contribution is -2.27. The Bertz CT molecular complexity index is 874. The highest BCUT2D eigenvalue weighted by Crippen LogP contribution is 2.30. The summed E-state index contributed by atoms with van der Waals surface area (Å²) in [6.07, 6.45) is 1.87. The van der Waals surface area contributed by atoms with Gasteiger partial charge in [0.25, 0.3) is 10.0 Å². The summed E-state index contributed by atoms with van der Waals surface area (Å²) >= 11 is 0. The molecule has 0 aromatic heterocycles. The smallest absolute Gasteiger partial charge is 0.262 e. The summed E-state index contributed by atoms with van der Waals surface area (Å²) in [5.74, 6) is 0. The molecule has 0 aliphatic carbocycles. The number of rotatable bonds is 6. The molecule has 2 aromatic carbocycles. The van der Waals surface area contributed by atoms with Crippen molar-refractivity contribution in [2.45, 2.75) is 44.2 Å². The van der Waals surface area contributed by atoms with E-state index in [2.05, 4.69) is 4.72 Å². The average molecular weight is 375 g/mol. The van der Waals surface area contributed by atoms with Crippen LogP contribution in [-0.4, -0.2) is 31.5 Å². The maximum atomic E-state index is 13.1. The Kier molecular flexibility index (Phi) is 5.65. The van der Waals surface area contributed by atoms with E-state index >= 15 is 0 Å². The number of sulfonamides is 1. The van der Waals surface area contributed by atoms with Crippen LogP contribution in [0, 0.1) is 6.92 Å². The molecular formula is C20H26N2O3S. The van der Waals surface area contributed by atoms with Crippen LogP contribution in [0.4, 0.5) is 5.69 Å². The predicted octanol–water partition coefficient (Wildman–Crippen LogP) is 3.44. The van der Waals surface area contributed by atoms with E-state index in [0.29, 0.717) is 11.3 Å². The van der Waals surface area contributed by atoms with Crippen LogP contribution in [-0.2, 0) is 16.4 Å². The van der Waals surface area contributed by atoms with Gasteiger partial charge in [-0.3, -0.25) is 9.62 Å². The molecule has 6 heteroatoms. The third-order valence-electron chi connectivity index (χ3n) is 4.95. The average Bonchev–Trinajstić information content (AvgIpc) is 3.17. The quantitative estimate of drug-likeness (QED) is 0.813. The molecule has 0 bridgehead atoms. The van der Waals surface area contributed by atoms with E-state index < -0.39 is 16.3 Å². The zero-order chi connectivity index (χ0) is 18.7. The fourth-order valence-electron chi connectivity index (χ4n) is 3.48. The van der Waals surface area contributed by atoms with Crippen LogP contribution in [0.5, 0.6) is 0 Å². The summed E-state index contributed by atoms with van der Waals surface area (Å²) in [5.41, 5.74) is 2.88. The molecule has 0 amide bonds. The minimum Gasteiger partial charge on any atom is -0.374 e. The van der Waals surface area contributed by atoms with Crippen molar-refractivity contribution in [3.63, 3.8) is 0 Å². The molecule has 1 heterocycles. The first-order chi connectivity index (χ1) is 12.4. The van der Waals surface area contributed by atoms with Gasteiger partial charge in [-0.1, -0.05) is 43.3 Å². The van der Waals surface area contributed by atoms with Crippen LogP contribution in [0.15, 0.2) is 47.4 Å². The van der Waals surface area contributed by atoms with Gasteiger partial charge >= 0.3 is 0 Å². The van der Waals surface area contributed by atoms with E-state index in [-0.39, 0.29) is 4.90 Å². The maximum absolute atomic E-state index is 13.1. The molecule has 0 spiro atoms. The number of aliphatic hydroxyl groups excluding tert-OH is 1. The zero-order valence-electron chi connectivity index (χ0n) is 15.3. The van der Waals surface area contributed by atoms with Gasteiger partial charge in [0.1, 0.15) is 6.23 Å². The van der Waals surface area contributed by atoms with E-state index in [1.54, 1.807) is 24.3 Å². The van der Waals surface area contributed by atoms with E-state index in [1.807, 2.05) is 36.9 Å². The van der Waals surface area contributed by atoms with Crippen molar-refractivity contribution in [3.8, 4) is 0 Å². The number of nitrogens with zero attached hydrogens (tertiary/aromatic N) is 1. The molecule has 3 rings (SSSR count). The minimum absolute atomic E-state index is 0.129. The van der Waals surface area contributed by atoms with Crippen LogP contribution in [0.25, 0.3) is 0 Å². The highest BCUT2D eigenvalue weighted by atomic mass is 32.2. The first-order valence-electron chi connectivity index (χ1n) is 9.06. The van der Waals surface area contributed by atoms with Crippen LogP contribution >= 0.6 is 0 Å². The van der Waals surface area contributed by atoms with Crippen molar-refractivity contribution in [3.05, 3.63) is 59.2 Å². The van der Waals surface area contributed by atoms with Gasteiger partial charge in [-0.15, -0.1) is 0 Å². The van der Waals surface area contributed by atoms with Crippen LogP contribution in [0.1, 0.15) is 42.7 Å². The van der Waals surface area contributed by atoms with Gasteiger partial charge < -0.3 is 5.11 Å². The van der Waals surface area contributed by atoms with Crippen molar-refractivity contribution in [1.29, 1.82) is 0 Å². The second-order valence-corrected chi connectivity index (χ2v) is 8.37. The third-order valence-corrected chi connectivity index (χ3v) is 6.37. The van der Waals surface area contributed by atoms with Crippen LogP contribution < -0.4 is 4.72 Å². The highest BCUT2D eigenvalue weighted by Gasteiger charge is 2.28. The van der Waals surface area contributed by atoms with Crippen LogP contribution in [0.3, 0.4) is 0 Å². The molecule has 1 atom stereocenters. The fourth-order valence-corrected chi connectivity index (χ4v) is 4.89. The number of para-hydroxylation sites is 1. The van der Waals surface area contributed by atoms with E-state index in [9.17, 15) is 13.5 Å². The molecular weight excluding hydrogens is 348 g/mol. The van der Waals surface area contributed by atoms with Crippen molar-refractivity contribution in [2.24, 2.45) is 0 Å². The lowest BCUT2D eigenvalue weighted by atomic mass is 10.1. The van der Waals surface area contributed by atoms with E-state index in [0.717, 1.165) is 43.5 Å². The normalized spacial score (nSPS) is 16.6. The van der Waals surface area contributed by atoms with E-state index in [1.165, 1.54) is 0 Å². The number of aliphatic hydroxyl groups is 1. The molecule has 5 nitrogen and oxygen atoms in total. The van der Waals surface area contributed by atoms with Gasteiger partial charge in [-0.2, -0.15) is 0 Å². The molecule has 2 N–H and O–H groups in total. The number of hydrogen-bond donors (Lipinski definition) is 2. The molecule has 2 aromatic rings. The number of aryl methyl sites for hydroxylation is 2.